The van der Waals surface area contributed by atoms with E-state index in [0.717, 1.165) is 21.2 Å². The molecule has 4 heteroatoms. The summed E-state index contributed by atoms with van der Waals surface area (Å²) < 4.78 is 17.9. The van der Waals surface area contributed by atoms with Crippen LogP contribution >= 0.6 is 15.9 Å². The molecule has 0 amide bonds. The summed E-state index contributed by atoms with van der Waals surface area (Å²) in [4.78, 5) is 0. The first kappa shape index (κ1) is 21.0. The first-order chi connectivity index (χ1) is 14.1. The molecule has 0 aliphatic rings. The van der Waals surface area contributed by atoms with Crippen molar-refractivity contribution in [2.24, 2.45) is 0 Å². The average molecular weight is 451 g/mol. The van der Waals surface area contributed by atoms with E-state index in [1.54, 1.807) is 14.2 Å². The minimum absolute atomic E-state index is 0.350. The Balaban J connectivity index is 1.85. The third kappa shape index (κ3) is 5.63. The summed E-state index contributed by atoms with van der Waals surface area (Å²) in [5.74, 6) is 7.85. The molecular weight excluding hydrogens is 428 g/mol. The summed E-state index contributed by atoms with van der Waals surface area (Å²) in [6, 6.07) is 22.0. The SMILES string of the molecule is COc1cc(Br)c(COC(C#Cc2cccc(C)c2)c2ccccc2)cc1OC. The molecule has 0 aliphatic carbocycles. The molecule has 0 aromatic heterocycles. The highest BCUT2D eigenvalue weighted by atomic mass is 79.9. The van der Waals surface area contributed by atoms with Crippen LogP contribution in [0.15, 0.2) is 71.2 Å². The van der Waals surface area contributed by atoms with Gasteiger partial charge >= 0.3 is 0 Å². The molecule has 0 spiro atoms. The molecule has 148 valence electrons. The van der Waals surface area contributed by atoms with Gasteiger partial charge in [-0.15, -0.1) is 0 Å². The third-order valence-electron chi connectivity index (χ3n) is 4.43. The van der Waals surface area contributed by atoms with Crippen molar-refractivity contribution in [1.29, 1.82) is 0 Å². The van der Waals surface area contributed by atoms with Crippen molar-refractivity contribution in [3.8, 4) is 23.3 Å². The zero-order valence-electron chi connectivity index (χ0n) is 16.7. The minimum Gasteiger partial charge on any atom is -0.493 e. The van der Waals surface area contributed by atoms with Gasteiger partial charge in [0.15, 0.2) is 11.5 Å². The Morgan fingerprint density at radius 3 is 2.31 bits per heavy atom. The molecule has 0 saturated heterocycles. The van der Waals surface area contributed by atoms with Crippen molar-refractivity contribution in [1.82, 2.24) is 0 Å². The molecule has 3 aromatic carbocycles. The topological polar surface area (TPSA) is 27.7 Å². The van der Waals surface area contributed by atoms with Gasteiger partial charge in [-0.05, 0) is 47.9 Å². The van der Waals surface area contributed by atoms with Gasteiger partial charge < -0.3 is 14.2 Å². The Morgan fingerprint density at radius 1 is 0.897 bits per heavy atom. The zero-order chi connectivity index (χ0) is 20.6. The van der Waals surface area contributed by atoms with Crippen molar-refractivity contribution < 1.29 is 14.2 Å². The highest BCUT2D eigenvalue weighted by Crippen LogP contribution is 2.34. The van der Waals surface area contributed by atoms with Gasteiger partial charge in [-0.3, -0.25) is 0 Å². The van der Waals surface area contributed by atoms with Crippen molar-refractivity contribution in [2.75, 3.05) is 14.2 Å². The van der Waals surface area contributed by atoms with Gasteiger partial charge in [0.05, 0.1) is 20.8 Å². The minimum atomic E-state index is -0.350. The van der Waals surface area contributed by atoms with Gasteiger partial charge in [0.1, 0.15) is 6.10 Å². The van der Waals surface area contributed by atoms with Gasteiger partial charge in [0.25, 0.3) is 0 Å². The first-order valence-electron chi connectivity index (χ1n) is 9.26. The van der Waals surface area contributed by atoms with Crippen LogP contribution in [0.2, 0.25) is 0 Å². The van der Waals surface area contributed by atoms with Crippen molar-refractivity contribution in [2.45, 2.75) is 19.6 Å². The number of hydrogen-bond donors (Lipinski definition) is 0. The monoisotopic (exact) mass is 450 g/mol. The number of aryl methyl sites for hydroxylation is 1. The fourth-order valence-corrected chi connectivity index (χ4v) is 3.34. The Bertz CT molecular complexity index is 1020. The predicted molar refractivity (Wildman–Crippen MR) is 119 cm³/mol. The quantitative estimate of drug-likeness (QED) is 0.425. The van der Waals surface area contributed by atoms with E-state index in [1.165, 1.54) is 5.56 Å². The highest BCUT2D eigenvalue weighted by molar-refractivity contribution is 9.10. The van der Waals surface area contributed by atoms with Crippen molar-refractivity contribution in [3.63, 3.8) is 0 Å². The predicted octanol–water partition coefficient (Wildman–Crippen LogP) is 6.08. The maximum Gasteiger partial charge on any atom is 0.161 e. The fourth-order valence-electron chi connectivity index (χ4n) is 2.90. The number of rotatable bonds is 6. The lowest BCUT2D eigenvalue weighted by Gasteiger charge is -2.15. The van der Waals surface area contributed by atoms with Gasteiger partial charge in [-0.1, -0.05) is 70.2 Å². The maximum atomic E-state index is 6.22. The van der Waals surface area contributed by atoms with Crippen LogP contribution in [0.4, 0.5) is 0 Å². The summed E-state index contributed by atoms with van der Waals surface area (Å²) in [7, 11) is 3.24. The number of benzene rings is 3. The molecular formula is C25H23BrO3. The maximum absolute atomic E-state index is 6.22. The molecule has 3 rings (SSSR count). The summed E-state index contributed by atoms with van der Waals surface area (Å²) in [6.45, 7) is 2.44. The van der Waals surface area contributed by atoms with E-state index >= 15 is 0 Å². The standard InChI is InChI=1S/C25H23BrO3/c1-18-8-7-9-19(14-18)12-13-23(20-10-5-4-6-11-20)29-17-21-15-24(27-2)25(28-3)16-22(21)26/h4-11,14-16,23H,17H2,1-3H3. The summed E-state index contributed by atoms with van der Waals surface area (Å²) in [6.07, 6.45) is -0.350. The largest absolute Gasteiger partial charge is 0.493 e. The number of halogens is 1. The van der Waals surface area contributed by atoms with Crippen LogP contribution in [0, 0.1) is 18.8 Å². The molecule has 0 N–H and O–H groups in total. The Hall–Kier alpha value is -2.74. The van der Waals surface area contributed by atoms with E-state index in [9.17, 15) is 0 Å². The van der Waals surface area contributed by atoms with Gasteiger partial charge in [-0.2, -0.15) is 0 Å². The third-order valence-corrected chi connectivity index (χ3v) is 5.16. The van der Waals surface area contributed by atoms with Crippen LogP contribution in [-0.2, 0) is 11.3 Å². The van der Waals surface area contributed by atoms with Gasteiger partial charge in [-0.25, -0.2) is 0 Å². The zero-order valence-corrected chi connectivity index (χ0v) is 18.3. The fraction of sp³-hybridized carbons (Fsp3) is 0.200. The van der Waals surface area contributed by atoms with Gasteiger partial charge in [0, 0.05) is 10.0 Å². The molecule has 0 fully saturated rings. The Kier molecular flexibility index (Phi) is 7.35. The van der Waals surface area contributed by atoms with Crippen LogP contribution in [0.25, 0.3) is 0 Å². The normalized spacial score (nSPS) is 11.3. The first-order valence-corrected chi connectivity index (χ1v) is 10.0. The molecule has 1 atom stereocenters. The summed E-state index contributed by atoms with van der Waals surface area (Å²) in [5, 5.41) is 0. The second kappa shape index (κ2) is 10.2. The molecule has 29 heavy (non-hydrogen) atoms. The van der Waals surface area contributed by atoms with E-state index in [-0.39, 0.29) is 6.10 Å². The van der Waals surface area contributed by atoms with E-state index in [1.807, 2.05) is 54.6 Å². The van der Waals surface area contributed by atoms with Crippen LogP contribution in [0.3, 0.4) is 0 Å². The highest BCUT2D eigenvalue weighted by Gasteiger charge is 2.13. The van der Waals surface area contributed by atoms with E-state index in [2.05, 4.69) is 46.8 Å². The average Bonchev–Trinajstić information content (AvgIpc) is 2.75. The van der Waals surface area contributed by atoms with Crippen LogP contribution in [-0.4, -0.2) is 14.2 Å². The number of ether oxygens (including phenoxy) is 3. The second-order valence-electron chi connectivity index (χ2n) is 6.54. The molecule has 0 radical (unpaired) electrons. The van der Waals surface area contributed by atoms with Gasteiger partial charge in [0.2, 0.25) is 0 Å². The lowest BCUT2D eigenvalue weighted by atomic mass is 10.1. The molecule has 0 bridgehead atoms. The molecule has 0 aliphatic heterocycles. The van der Waals surface area contributed by atoms with Crippen molar-refractivity contribution >= 4 is 15.9 Å². The number of hydrogen-bond acceptors (Lipinski definition) is 3. The van der Waals surface area contributed by atoms with Crippen LogP contribution < -0.4 is 9.47 Å². The summed E-state index contributed by atoms with van der Waals surface area (Å²) in [5.41, 5.74) is 4.13. The molecule has 0 heterocycles. The molecule has 1 unspecified atom stereocenters. The lowest BCUT2D eigenvalue weighted by Crippen LogP contribution is -2.04. The van der Waals surface area contributed by atoms with Crippen molar-refractivity contribution in [3.05, 3.63) is 93.5 Å². The van der Waals surface area contributed by atoms with Crippen LogP contribution in [0.1, 0.15) is 28.4 Å². The smallest absolute Gasteiger partial charge is 0.161 e. The van der Waals surface area contributed by atoms with E-state index in [4.69, 9.17) is 14.2 Å². The Labute approximate surface area is 180 Å². The Morgan fingerprint density at radius 2 is 1.62 bits per heavy atom. The molecule has 3 nitrogen and oxygen atoms in total. The number of methoxy groups -OCH3 is 2. The van der Waals surface area contributed by atoms with E-state index in [0.29, 0.717) is 18.1 Å². The molecule has 0 saturated carbocycles. The van der Waals surface area contributed by atoms with Crippen LogP contribution in [0.5, 0.6) is 11.5 Å². The molecule has 3 aromatic rings. The summed E-state index contributed by atoms with van der Waals surface area (Å²) >= 11 is 3.59. The van der Waals surface area contributed by atoms with E-state index < -0.39 is 0 Å². The lowest BCUT2D eigenvalue weighted by molar-refractivity contribution is 0.0776. The second-order valence-corrected chi connectivity index (χ2v) is 7.39.